The number of rotatable bonds is 3. The lowest BCUT2D eigenvalue weighted by Crippen LogP contribution is -2.15. The first-order chi connectivity index (χ1) is 8.61. The molecule has 5 heteroatoms. The topological polar surface area (TPSA) is 83.8 Å². The van der Waals surface area contributed by atoms with Crippen molar-refractivity contribution in [2.75, 3.05) is 11.1 Å². The van der Waals surface area contributed by atoms with Crippen LogP contribution in [0, 0.1) is 6.92 Å². The van der Waals surface area contributed by atoms with Crippen molar-refractivity contribution < 1.29 is 4.79 Å². The predicted octanol–water partition coefficient (Wildman–Crippen LogP) is 2.12. The van der Waals surface area contributed by atoms with Gasteiger partial charge in [0.15, 0.2) is 0 Å². The molecule has 0 aliphatic carbocycles. The fourth-order valence-electron chi connectivity index (χ4n) is 1.74. The second kappa shape index (κ2) is 4.91. The molecule has 0 spiro atoms. The number of amides is 1. The van der Waals surface area contributed by atoms with Crippen LogP contribution in [0.5, 0.6) is 0 Å². The van der Waals surface area contributed by atoms with E-state index in [1.165, 1.54) is 0 Å². The number of carbonyl (C=O) groups is 1. The lowest BCUT2D eigenvalue weighted by atomic mass is 10.1. The molecule has 0 aliphatic heterocycles. The Morgan fingerprint density at radius 3 is 3.00 bits per heavy atom. The molecule has 0 saturated carbocycles. The van der Waals surface area contributed by atoms with Gasteiger partial charge in [0.1, 0.15) is 5.82 Å². The molecule has 4 N–H and O–H groups in total. The maximum atomic E-state index is 12.1. The van der Waals surface area contributed by atoms with Gasteiger partial charge in [-0.15, -0.1) is 0 Å². The number of nitrogen functional groups attached to an aromatic ring is 1. The van der Waals surface area contributed by atoms with Crippen LogP contribution in [0.25, 0.3) is 0 Å². The normalized spacial score (nSPS) is 10.3. The van der Waals surface area contributed by atoms with E-state index in [9.17, 15) is 4.79 Å². The highest BCUT2D eigenvalue weighted by Gasteiger charge is 2.12. The smallest absolute Gasteiger partial charge is 0.258 e. The lowest BCUT2D eigenvalue weighted by Gasteiger charge is -2.08. The molecule has 1 amide bonds. The predicted molar refractivity (Wildman–Crippen MR) is 71.5 cm³/mol. The summed E-state index contributed by atoms with van der Waals surface area (Å²) < 4.78 is 0. The van der Waals surface area contributed by atoms with Gasteiger partial charge in [-0.2, -0.15) is 5.10 Å². The van der Waals surface area contributed by atoms with Crippen LogP contribution in [0.2, 0.25) is 0 Å². The molecule has 18 heavy (non-hydrogen) atoms. The van der Waals surface area contributed by atoms with E-state index < -0.39 is 0 Å². The van der Waals surface area contributed by atoms with Crippen LogP contribution >= 0.6 is 0 Å². The van der Waals surface area contributed by atoms with Crippen molar-refractivity contribution in [3.8, 4) is 0 Å². The van der Waals surface area contributed by atoms with E-state index in [4.69, 9.17) is 5.73 Å². The van der Waals surface area contributed by atoms with E-state index >= 15 is 0 Å². The van der Waals surface area contributed by atoms with Gasteiger partial charge < -0.3 is 11.1 Å². The van der Waals surface area contributed by atoms with Crippen LogP contribution in [-0.4, -0.2) is 16.1 Å². The van der Waals surface area contributed by atoms with Gasteiger partial charge in [0.25, 0.3) is 5.91 Å². The minimum atomic E-state index is -0.227. The molecule has 0 radical (unpaired) electrons. The Balaban J connectivity index is 2.25. The maximum Gasteiger partial charge on any atom is 0.258 e. The van der Waals surface area contributed by atoms with Gasteiger partial charge in [-0.1, -0.05) is 18.6 Å². The number of aromatic nitrogens is 2. The summed E-state index contributed by atoms with van der Waals surface area (Å²) in [6, 6.07) is 5.38. The third-order valence-electron chi connectivity index (χ3n) is 2.79. The van der Waals surface area contributed by atoms with Crippen LogP contribution in [0.1, 0.15) is 28.4 Å². The maximum absolute atomic E-state index is 12.1. The quantitative estimate of drug-likeness (QED) is 0.723. The number of aryl methyl sites for hydroxylation is 2. The summed E-state index contributed by atoms with van der Waals surface area (Å²) in [6.07, 6.45) is 2.50. The summed E-state index contributed by atoms with van der Waals surface area (Å²) >= 11 is 0. The minimum Gasteiger partial charge on any atom is -0.398 e. The second-order valence-corrected chi connectivity index (χ2v) is 4.17. The third-order valence-corrected chi connectivity index (χ3v) is 2.79. The number of nitrogens with zero attached hydrogens (tertiary/aromatic N) is 1. The van der Waals surface area contributed by atoms with E-state index in [1.54, 1.807) is 18.3 Å². The number of H-pyrrole nitrogens is 1. The van der Waals surface area contributed by atoms with Gasteiger partial charge in [-0.3, -0.25) is 9.89 Å². The van der Waals surface area contributed by atoms with Crippen molar-refractivity contribution in [1.29, 1.82) is 0 Å². The highest BCUT2D eigenvalue weighted by molar-refractivity contribution is 6.07. The first kappa shape index (κ1) is 12.2. The first-order valence-electron chi connectivity index (χ1n) is 5.81. The summed E-state index contributed by atoms with van der Waals surface area (Å²) in [5.74, 6) is 0.401. The van der Waals surface area contributed by atoms with Crippen molar-refractivity contribution in [3.05, 3.63) is 41.1 Å². The Labute approximate surface area is 105 Å². The van der Waals surface area contributed by atoms with Crippen LogP contribution in [0.3, 0.4) is 0 Å². The zero-order chi connectivity index (χ0) is 13.1. The fraction of sp³-hybridized carbons (Fsp3) is 0.231. The van der Waals surface area contributed by atoms with Crippen LogP contribution in [-0.2, 0) is 6.42 Å². The van der Waals surface area contributed by atoms with Gasteiger partial charge in [0.2, 0.25) is 0 Å². The summed E-state index contributed by atoms with van der Waals surface area (Å²) in [6.45, 7) is 3.92. The van der Waals surface area contributed by atoms with E-state index in [2.05, 4.69) is 15.5 Å². The van der Waals surface area contributed by atoms with Gasteiger partial charge in [-0.25, -0.2) is 0 Å². The van der Waals surface area contributed by atoms with E-state index in [1.807, 2.05) is 19.9 Å². The lowest BCUT2D eigenvalue weighted by molar-refractivity contribution is 0.102. The molecule has 1 heterocycles. The molecule has 0 fully saturated rings. The van der Waals surface area contributed by atoms with E-state index in [0.717, 1.165) is 17.5 Å². The number of benzene rings is 1. The fourth-order valence-corrected chi connectivity index (χ4v) is 1.74. The Bertz CT molecular complexity index is 574. The molecule has 0 bridgehead atoms. The summed E-state index contributed by atoms with van der Waals surface area (Å²) in [5.41, 5.74) is 8.71. The molecule has 2 rings (SSSR count). The average Bonchev–Trinajstić information content (AvgIpc) is 2.79. The van der Waals surface area contributed by atoms with E-state index in [0.29, 0.717) is 17.1 Å². The van der Waals surface area contributed by atoms with Gasteiger partial charge in [-0.05, 0) is 25.5 Å². The van der Waals surface area contributed by atoms with Gasteiger partial charge >= 0.3 is 0 Å². The van der Waals surface area contributed by atoms with Crippen LogP contribution in [0.4, 0.5) is 11.5 Å². The molecule has 0 aliphatic rings. The molecular formula is C13H16N4O. The van der Waals surface area contributed by atoms with Crippen LogP contribution < -0.4 is 11.1 Å². The van der Waals surface area contributed by atoms with Crippen molar-refractivity contribution in [3.63, 3.8) is 0 Å². The average molecular weight is 244 g/mol. The SMILES string of the molecule is CCc1cn[nH]c1NC(=O)c1cc(C)ccc1N. The first-order valence-corrected chi connectivity index (χ1v) is 5.81. The molecule has 0 saturated heterocycles. The Morgan fingerprint density at radius 1 is 1.50 bits per heavy atom. The number of nitrogens with two attached hydrogens (primary N) is 1. The molecule has 0 atom stereocenters. The zero-order valence-corrected chi connectivity index (χ0v) is 10.4. The summed E-state index contributed by atoms with van der Waals surface area (Å²) in [7, 11) is 0. The van der Waals surface area contributed by atoms with Gasteiger partial charge in [0, 0.05) is 11.3 Å². The Hall–Kier alpha value is -2.30. The van der Waals surface area contributed by atoms with Gasteiger partial charge in [0.05, 0.1) is 11.8 Å². The Kier molecular flexibility index (Phi) is 3.32. The Morgan fingerprint density at radius 2 is 2.28 bits per heavy atom. The monoisotopic (exact) mass is 244 g/mol. The largest absolute Gasteiger partial charge is 0.398 e. The van der Waals surface area contributed by atoms with Crippen molar-refractivity contribution >= 4 is 17.4 Å². The number of nitrogens with one attached hydrogen (secondary N) is 2. The molecule has 2 aromatic rings. The number of hydrogen-bond donors (Lipinski definition) is 3. The molecular weight excluding hydrogens is 228 g/mol. The molecule has 1 aromatic carbocycles. The molecule has 5 nitrogen and oxygen atoms in total. The number of hydrogen-bond acceptors (Lipinski definition) is 3. The minimum absolute atomic E-state index is 0.227. The number of carbonyl (C=O) groups excluding carboxylic acids is 1. The number of aromatic amines is 1. The highest BCUT2D eigenvalue weighted by atomic mass is 16.1. The van der Waals surface area contributed by atoms with Crippen molar-refractivity contribution in [2.45, 2.75) is 20.3 Å². The van der Waals surface area contributed by atoms with E-state index in [-0.39, 0.29) is 5.91 Å². The standard InChI is InChI=1S/C13H16N4O/c1-3-9-7-15-17-12(9)16-13(18)10-6-8(2)4-5-11(10)14/h4-7H,3,14H2,1-2H3,(H2,15,16,17,18). The van der Waals surface area contributed by atoms with Crippen molar-refractivity contribution in [1.82, 2.24) is 10.2 Å². The van der Waals surface area contributed by atoms with Crippen LogP contribution in [0.15, 0.2) is 24.4 Å². The zero-order valence-electron chi connectivity index (χ0n) is 10.4. The summed E-state index contributed by atoms with van der Waals surface area (Å²) in [4.78, 5) is 12.1. The highest BCUT2D eigenvalue weighted by Crippen LogP contribution is 2.17. The third kappa shape index (κ3) is 2.34. The second-order valence-electron chi connectivity index (χ2n) is 4.17. The molecule has 94 valence electrons. The summed E-state index contributed by atoms with van der Waals surface area (Å²) in [5, 5.41) is 9.47. The number of anilines is 2. The van der Waals surface area contributed by atoms with Crippen molar-refractivity contribution in [2.24, 2.45) is 0 Å². The molecule has 0 unspecified atom stereocenters. The molecule has 1 aromatic heterocycles.